The van der Waals surface area contributed by atoms with Crippen LogP contribution in [0.4, 0.5) is 17.1 Å². The molecular weight excluding hydrogens is 370 g/mol. The molecule has 1 aliphatic heterocycles. The van der Waals surface area contributed by atoms with E-state index in [4.69, 9.17) is 4.74 Å². The Morgan fingerprint density at radius 1 is 1.00 bits per heavy atom. The van der Waals surface area contributed by atoms with Crippen molar-refractivity contribution in [1.29, 1.82) is 0 Å². The number of methoxy groups -OCH3 is 1. The summed E-state index contributed by atoms with van der Waals surface area (Å²) in [5, 5.41) is 1.06. The summed E-state index contributed by atoms with van der Waals surface area (Å²) >= 11 is 1.74. The monoisotopic (exact) mass is 395 g/mol. The molecule has 0 radical (unpaired) electrons. The summed E-state index contributed by atoms with van der Waals surface area (Å²) in [6, 6.07) is 12.6. The van der Waals surface area contributed by atoms with E-state index in [0.717, 1.165) is 41.0 Å². The highest BCUT2D eigenvalue weighted by Crippen LogP contribution is 2.42. The lowest BCUT2D eigenvalue weighted by atomic mass is 10.1. The summed E-state index contributed by atoms with van der Waals surface area (Å²) in [6.07, 6.45) is 2.10. The fraction of sp³-hybridized carbons (Fsp3) is 0.318. The van der Waals surface area contributed by atoms with E-state index in [2.05, 4.69) is 47.4 Å². The van der Waals surface area contributed by atoms with E-state index in [0.29, 0.717) is 0 Å². The number of anilines is 3. The first-order chi connectivity index (χ1) is 13.4. The molecule has 6 heteroatoms. The van der Waals surface area contributed by atoms with E-state index >= 15 is 0 Å². The van der Waals surface area contributed by atoms with Gasteiger partial charge in [-0.05, 0) is 37.4 Å². The predicted molar refractivity (Wildman–Crippen MR) is 119 cm³/mol. The minimum atomic E-state index is 0.0233. The number of benzene rings is 2. The highest BCUT2D eigenvalue weighted by Gasteiger charge is 2.24. The van der Waals surface area contributed by atoms with Crippen molar-refractivity contribution in [3.63, 3.8) is 0 Å². The number of hydrogen-bond donors (Lipinski definition) is 0. The first kappa shape index (κ1) is 18.7. The van der Waals surface area contributed by atoms with Crippen LogP contribution in [0.3, 0.4) is 0 Å². The molecule has 28 heavy (non-hydrogen) atoms. The third-order valence-corrected chi connectivity index (χ3v) is 6.27. The van der Waals surface area contributed by atoms with E-state index in [1.165, 1.54) is 16.3 Å². The molecule has 2 aromatic carbocycles. The summed E-state index contributed by atoms with van der Waals surface area (Å²) in [6.45, 7) is 3.67. The molecule has 3 aromatic rings. The van der Waals surface area contributed by atoms with Gasteiger partial charge in [-0.1, -0.05) is 0 Å². The maximum absolute atomic E-state index is 12.5. The van der Waals surface area contributed by atoms with Crippen LogP contribution in [0.2, 0.25) is 0 Å². The number of rotatable bonds is 3. The van der Waals surface area contributed by atoms with E-state index < -0.39 is 0 Å². The number of aromatic nitrogens is 1. The Hall–Kier alpha value is -2.60. The van der Waals surface area contributed by atoms with Crippen LogP contribution >= 0.6 is 11.8 Å². The van der Waals surface area contributed by atoms with Gasteiger partial charge in [-0.3, -0.25) is 4.79 Å². The Bertz CT molecular complexity index is 1120. The molecule has 0 aliphatic carbocycles. The van der Waals surface area contributed by atoms with Crippen molar-refractivity contribution in [2.24, 2.45) is 7.05 Å². The molecule has 0 atom stereocenters. The van der Waals surface area contributed by atoms with E-state index in [-0.39, 0.29) is 5.56 Å². The molecule has 4 rings (SSSR count). The van der Waals surface area contributed by atoms with Crippen molar-refractivity contribution in [2.45, 2.75) is 11.8 Å². The van der Waals surface area contributed by atoms with Crippen molar-refractivity contribution < 1.29 is 4.74 Å². The van der Waals surface area contributed by atoms with E-state index in [9.17, 15) is 4.79 Å². The van der Waals surface area contributed by atoms with Crippen LogP contribution < -0.4 is 20.1 Å². The highest BCUT2D eigenvalue weighted by molar-refractivity contribution is 7.98. The minimum Gasteiger partial charge on any atom is -0.497 e. The fourth-order valence-electron chi connectivity index (χ4n) is 3.93. The number of fused-ring (bicyclic) bond motifs is 2. The van der Waals surface area contributed by atoms with Crippen molar-refractivity contribution in [1.82, 2.24) is 4.57 Å². The second-order valence-electron chi connectivity index (χ2n) is 7.20. The highest BCUT2D eigenvalue weighted by atomic mass is 32.2. The molecule has 0 bridgehead atoms. The van der Waals surface area contributed by atoms with Crippen molar-refractivity contribution in [3.05, 3.63) is 52.3 Å². The average Bonchev–Trinajstić information content (AvgIpc) is 2.72. The number of hydrogen-bond acceptors (Lipinski definition) is 5. The first-order valence-electron chi connectivity index (χ1n) is 9.29. The molecule has 5 nitrogen and oxygen atoms in total. The van der Waals surface area contributed by atoms with Crippen LogP contribution in [0.25, 0.3) is 10.9 Å². The Kier molecular flexibility index (Phi) is 4.75. The Morgan fingerprint density at radius 2 is 1.79 bits per heavy atom. The molecule has 0 N–H and O–H groups in total. The van der Waals surface area contributed by atoms with Gasteiger partial charge in [0.1, 0.15) is 5.75 Å². The van der Waals surface area contributed by atoms with Gasteiger partial charge in [0.2, 0.25) is 0 Å². The van der Waals surface area contributed by atoms with Crippen LogP contribution in [-0.4, -0.2) is 38.1 Å². The smallest absolute Gasteiger partial charge is 0.253 e. The zero-order valence-electron chi connectivity index (χ0n) is 16.9. The van der Waals surface area contributed by atoms with Crippen molar-refractivity contribution in [2.75, 3.05) is 43.3 Å². The van der Waals surface area contributed by atoms with Gasteiger partial charge in [0.15, 0.2) is 0 Å². The zero-order chi connectivity index (χ0) is 20.0. The molecule has 0 amide bonds. The molecule has 1 aromatic heterocycles. The van der Waals surface area contributed by atoms with Crippen LogP contribution in [0.1, 0.15) is 5.56 Å². The Balaban J connectivity index is 2.02. The number of aryl methyl sites for hydroxylation is 2. The SMILES string of the molecule is COc1cc(N2CCN(C)c3ccc(SC)cc32)c2cc(C)c(=O)n(C)c2c1. The second-order valence-corrected chi connectivity index (χ2v) is 8.08. The first-order valence-corrected chi connectivity index (χ1v) is 10.5. The Labute approximate surface area is 169 Å². The third-order valence-electron chi connectivity index (χ3n) is 5.54. The molecule has 0 spiro atoms. The lowest BCUT2D eigenvalue weighted by Gasteiger charge is -2.38. The molecular formula is C22H25N3O2S. The molecule has 2 heterocycles. The number of ether oxygens (including phenoxy) is 1. The zero-order valence-corrected chi connectivity index (χ0v) is 17.8. The largest absolute Gasteiger partial charge is 0.497 e. The van der Waals surface area contributed by atoms with Gasteiger partial charge in [-0.2, -0.15) is 0 Å². The minimum absolute atomic E-state index is 0.0233. The number of likely N-dealkylation sites (N-methyl/N-ethyl adjacent to an activating group) is 1. The Morgan fingerprint density at radius 3 is 2.50 bits per heavy atom. The van der Waals surface area contributed by atoms with E-state index in [1.54, 1.807) is 23.4 Å². The number of nitrogens with zero attached hydrogens (tertiary/aromatic N) is 3. The quantitative estimate of drug-likeness (QED) is 0.623. The summed E-state index contributed by atoms with van der Waals surface area (Å²) in [4.78, 5) is 18.4. The standard InChI is InChI=1S/C22H25N3O2S/c1-14-10-17-19(24(3)22(14)26)11-15(27-4)12-20(17)25-9-8-23(2)18-7-6-16(28-5)13-21(18)25/h6-7,10-13H,8-9H2,1-5H3. The van der Waals surface area contributed by atoms with Gasteiger partial charge < -0.3 is 19.1 Å². The van der Waals surface area contributed by atoms with Crippen molar-refractivity contribution in [3.8, 4) is 5.75 Å². The fourth-order valence-corrected chi connectivity index (χ4v) is 4.36. The lowest BCUT2D eigenvalue weighted by Crippen LogP contribution is -2.36. The maximum Gasteiger partial charge on any atom is 0.253 e. The summed E-state index contributed by atoms with van der Waals surface area (Å²) in [5.74, 6) is 0.753. The van der Waals surface area contributed by atoms with Crippen molar-refractivity contribution >= 4 is 39.7 Å². The van der Waals surface area contributed by atoms with E-state index in [1.807, 2.05) is 26.1 Å². The normalized spacial score (nSPS) is 13.8. The van der Waals surface area contributed by atoms with Gasteiger partial charge in [-0.25, -0.2) is 0 Å². The van der Waals surface area contributed by atoms with Gasteiger partial charge in [0.05, 0.1) is 29.7 Å². The van der Waals surface area contributed by atoms with Crippen LogP contribution in [-0.2, 0) is 7.05 Å². The summed E-state index contributed by atoms with van der Waals surface area (Å²) in [7, 11) is 5.62. The average molecular weight is 396 g/mol. The van der Waals surface area contributed by atoms with Gasteiger partial charge >= 0.3 is 0 Å². The molecule has 146 valence electrons. The molecule has 0 unspecified atom stereocenters. The maximum atomic E-state index is 12.5. The predicted octanol–water partition coefficient (Wildman–Crippen LogP) is 4.17. The lowest BCUT2D eigenvalue weighted by molar-refractivity contribution is 0.415. The molecule has 1 aliphatic rings. The molecule has 0 fully saturated rings. The summed E-state index contributed by atoms with van der Waals surface area (Å²) < 4.78 is 7.29. The molecule has 0 saturated heterocycles. The van der Waals surface area contributed by atoms with Gasteiger partial charge in [-0.15, -0.1) is 11.8 Å². The van der Waals surface area contributed by atoms with Crippen LogP contribution in [0.5, 0.6) is 5.75 Å². The third kappa shape index (κ3) is 2.92. The molecule has 0 saturated carbocycles. The second kappa shape index (κ2) is 7.09. The summed E-state index contributed by atoms with van der Waals surface area (Å²) in [5.41, 5.74) is 5.11. The topological polar surface area (TPSA) is 37.7 Å². The van der Waals surface area contributed by atoms with Crippen LogP contribution in [0.15, 0.2) is 46.1 Å². The number of pyridine rings is 1. The number of thioether (sulfide) groups is 1. The van der Waals surface area contributed by atoms with Gasteiger partial charge in [0, 0.05) is 55.2 Å². The van der Waals surface area contributed by atoms with Crippen LogP contribution in [0, 0.1) is 6.92 Å². The van der Waals surface area contributed by atoms with Gasteiger partial charge in [0.25, 0.3) is 5.56 Å².